The molecule has 1 aromatic carbocycles. The predicted molar refractivity (Wildman–Crippen MR) is 98.4 cm³/mol. The zero-order chi connectivity index (χ0) is 19.6. The third kappa shape index (κ3) is 4.61. The van der Waals surface area contributed by atoms with Crippen LogP contribution in [-0.4, -0.2) is 44.9 Å². The van der Waals surface area contributed by atoms with Gasteiger partial charge in [0.15, 0.2) is 4.34 Å². The van der Waals surface area contributed by atoms with Gasteiger partial charge in [0.05, 0.1) is 5.92 Å². The van der Waals surface area contributed by atoms with Gasteiger partial charge in [-0.2, -0.15) is 0 Å². The first-order valence-corrected chi connectivity index (χ1v) is 9.63. The Morgan fingerprint density at radius 2 is 2.07 bits per heavy atom. The summed E-state index contributed by atoms with van der Waals surface area (Å²) in [4.78, 5) is 36.9. The molecule has 11 heteroatoms. The number of carboxylic acids is 1. The van der Waals surface area contributed by atoms with Gasteiger partial charge in [0.25, 0.3) is 0 Å². The molecule has 1 fully saturated rings. The molecule has 0 bridgehead atoms. The number of aromatic nitrogens is 2. The van der Waals surface area contributed by atoms with Crippen molar-refractivity contribution in [2.24, 2.45) is 5.92 Å². The van der Waals surface area contributed by atoms with E-state index in [-0.39, 0.29) is 29.9 Å². The van der Waals surface area contributed by atoms with Crippen LogP contribution in [0.1, 0.15) is 13.3 Å². The Kier molecular flexibility index (Phi) is 5.71. The second kappa shape index (κ2) is 8.01. The number of rotatable bonds is 6. The molecule has 1 aliphatic heterocycles. The Morgan fingerprint density at radius 3 is 2.74 bits per heavy atom. The molecular formula is C16H15FN4O4S2. The standard InChI is InChI=1S/C16H15FN4O4S2/c1-8(14(24)25)26-16-20-19-15(27-16)18-13(23)9-6-12(22)21(7-9)11-4-2-10(17)3-5-11/h2-5,8-9H,6-7H2,1H3,(H,24,25)(H,18,19,23)/t8-,9+/m1/s1. The number of thioether (sulfide) groups is 1. The van der Waals surface area contributed by atoms with Gasteiger partial charge in [-0.3, -0.25) is 14.4 Å². The van der Waals surface area contributed by atoms with E-state index in [9.17, 15) is 18.8 Å². The van der Waals surface area contributed by atoms with Crippen molar-refractivity contribution >= 4 is 51.7 Å². The third-order valence-corrected chi connectivity index (χ3v) is 5.91. The van der Waals surface area contributed by atoms with E-state index >= 15 is 0 Å². The number of nitrogens with one attached hydrogen (secondary N) is 1. The maximum Gasteiger partial charge on any atom is 0.316 e. The average molecular weight is 410 g/mol. The van der Waals surface area contributed by atoms with Gasteiger partial charge in [0, 0.05) is 18.7 Å². The van der Waals surface area contributed by atoms with Gasteiger partial charge in [0.1, 0.15) is 11.1 Å². The van der Waals surface area contributed by atoms with E-state index in [1.165, 1.54) is 36.1 Å². The summed E-state index contributed by atoms with van der Waals surface area (Å²) in [5.74, 6) is -2.52. The minimum absolute atomic E-state index is 0.0413. The number of carbonyl (C=O) groups excluding carboxylic acids is 2. The van der Waals surface area contributed by atoms with Gasteiger partial charge in [0.2, 0.25) is 16.9 Å². The molecule has 0 saturated carbocycles. The van der Waals surface area contributed by atoms with E-state index < -0.39 is 23.0 Å². The maximum absolute atomic E-state index is 13.0. The second-order valence-corrected chi connectivity index (χ2v) is 8.41. The van der Waals surface area contributed by atoms with Crippen LogP contribution in [0, 0.1) is 11.7 Å². The summed E-state index contributed by atoms with van der Waals surface area (Å²) in [5.41, 5.74) is 0.536. The molecule has 142 valence electrons. The van der Waals surface area contributed by atoms with E-state index in [4.69, 9.17) is 5.11 Å². The maximum atomic E-state index is 13.0. The molecule has 0 aliphatic carbocycles. The predicted octanol–water partition coefficient (Wildman–Crippen LogP) is 2.23. The SMILES string of the molecule is C[C@@H](Sc1nnc(NC(=O)[C@H]2CC(=O)N(c3ccc(F)cc3)C2)s1)C(=O)O. The van der Waals surface area contributed by atoms with Crippen LogP contribution in [-0.2, 0) is 14.4 Å². The zero-order valence-electron chi connectivity index (χ0n) is 14.1. The largest absolute Gasteiger partial charge is 0.480 e. The Morgan fingerprint density at radius 1 is 1.37 bits per heavy atom. The summed E-state index contributed by atoms with van der Waals surface area (Å²) in [5, 5.41) is 18.8. The molecule has 8 nitrogen and oxygen atoms in total. The molecule has 1 aliphatic rings. The lowest BCUT2D eigenvalue weighted by atomic mass is 10.1. The normalized spacial score (nSPS) is 17.8. The van der Waals surface area contributed by atoms with E-state index in [0.717, 1.165) is 23.1 Å². The first-order valence-electron chi connectivity index (χ1n) is 7.93. The van der Waals surface area contributed by atoms with Crippen LogP contribution in [0.3, 0.4) is 0 Å². The molecule has 2 amide bonds. The van der Waals surface area contributed by atoms with E-state index in [0.29, 0.717) is 10.0 Å². The van der Waals surface area contributed by atoms with Crippen LogP contribution in [0.5, 0.6) is 0 Å². The quantitative estimate of drug-likeness (QED) is 0.555. The zero-order valence-corrected chi connectivity index (χ0v) is 15.7. The Hall–Kier alpha value is -2.53. The van der Waals surface area contributed by atoms with Crippen LogP contribution >= 0.6 is 23.1 Å². The second-order valence-electron chi connectivity index (χ2n) is 5.84. The van der Waals surface area contributed by atoms with Crippen molar-refractivity contribution in [3.63, 3.8) is 0 Å². The molecule has 2 heterocycles. The summed E-state index contributed by atoms with van der Waals surface area (Å²) >= 11 is 2.10. The molecule has 0 radical (unpaired) electrons. The highest BCUT2D eigenvalue weighted by atomic mass is 32.2. The van der Waals surface area contributed by atoms with Crippen LogP contribution in [0.2, 0.25) is 0 Å². The van der Waals surface area contributed by atoms with Crippen molar-refractivity contribution in [1.29, 1.82) is 0 Å². The molecule has 3 rings (SSSR count). The highest BCUT2D eigenvalue weighted by Crippen LogP contribution is 2.30. The molecule has 27 heavy (non-hydrogen) atoms. The Bertz CT molecular complexity index is 874. The van der Waals surface area contributed by atoms with Gasteiger partial charge in [-0.1, -0.05) is 23.1 Å². The van der Waals surface area contributed by atoms with Crippen LogP contribution in [0.4, 0.5) is 15.2 Å². The van der Waals surface area contributed by atoms with Gasteiger partial charge >= 0.3 is 5.97 Å². The summed E-state index contributed by atoms with van der Waals surface area (Å²) in [6.07, 6.45) is 0.0413. The lowest BCUT2D eigenvalue weighted by molar-refractivity contribution is -0.136. The highest BCUT2D eigenvalue weighted by molar-refractivity contribution is 8.02. The number of nitrogens with zero attached hydrogens (tertiary/aromatic N) is 3. The van der Waals surface area contributed by atoms with E-state index in [1.54, 1.807) is 0 Å². The molecule has 0 spiro atoms. The minimum atomic E-state index is -0.967. The first-order chi connectivity index (χ1) is 12.8. The number of carbonyl (C=O) groups is 3. The number of hydrogen-bond acceptors (Lipinski definition) is 7. The van der Waals surface area contributed by atoms with Crippen LogP contribution < -0.4 is 10.2 Å². The van der Waals surface area contributed by atoms with Gasteiger partial charge in [-0.15, -0.1) is 10.2 Å². The molecule has 0 unspecified atom stereocenters. The van der Waals surface area contributed by atoms with Gasteiger partial charge in [-0.25, -0.2) is 4.39 Å². The van der Waals surface area contributed by atoms with Crippen molar-refractivity contribution in [1.82, 2.24) is 10.2 Å². The van der Waals surface area contributed by atoms with Gasteiger partial charge in [-0.05, 0) is 31.2 Å². The summed E-state index contributed by atoms with van der Waals surface area (Å²) < 4.78 is 13.5. The highest BCUT2D eigenvalue weighted by Gasteiger charge is 2.35. The van der Waals surface area contributed by atoms with Crippen molar-refractivity contribution in [2.75, 3.05) is 16.8 Å². The monoisotopic (exact) mass is 410 g/mol. The fraction of sp³-hybridized carbons (Fsp3) is 0.312. The van der Waals surface area contributed by atoms with Crippen molar-refractivity contribution in [3.05, 3.63) is 30.1 Å². The number of anilines is 2. The Balaban J connectivity index is 1.60. The van der Waals surface area contributed by atoms with Crippen molar-refractivity contribution in [3.8, 4) is 0 Å². The fourth-order valence-corrected chi connectivity index (χ4v) is 4.30. The number of carboxylic acid groups (broad SMARTS) is 1. The molecule has 2 N–H and O–H groups in total. The summed E-state index contributed by atoms with van der Waals surface area (Å²) in [7, 11) is 0. The smallest absolute Gasteiger partial charge is 0.316 e. The number of halogens is 1. The molecule has 2 aromatic rings. The molecule has 2 atom stereocenters. The lowest BCUT2D eigenvalue weighted by Crippen LogP contribution is -2.28. The number of benzene rings is 1. The molecule has 1 aromatic heterocycles. The summed E-state index contributed by atoms with van der Waals surface area (Å²) in [6.45, 7) is 1.72. The minimum Gasteiger partial charge on any atom is -0.480 e. The topological polar surface area (TPSA) is 112 Å². The third-order valence-electron chi connectivity index (χ3n) is 3.90. The number of hydrogen-bond donors (Lipinski definition) is 2. The first kappa shape index (κ1) is 19.2. The van der Waals surface area contributed by atoms with Crippen LogP contribution in [0.15, 0.2) is 28.6 Å². The lowest BCUT2D eigenvalue weighted by Gasteiger charge is -2.16. The van der Waals surface area contributed by atoms with E-state index in [1.807, 2.05) is 0 Å². The van der Waals surface area contributed by atoms with Crippen molar-refractivity contribution in [2.45, 2.75) is 22.9 Å². The Labute approximate surface area is 161 Å². The molecular weight excluding hydrogens is 395 g/mol. The average Bonchev–Trinajstić information content (AvgIpc) is 3.22. The molecule has 1 saturated heterocycles. The number of aliphatic carboxylic acids is 1. The fourth-order valence-electron chi connectivity index (χ4n) is 2.47. The summed E-state index contributed by atoms with van der Waals surface area (Å²) in [6, 6.07) is 5.50. The van der Waals surface area contributed by atoms with Crippen LogP contribution in [0.25, 0.3) is 0 Å². The number of amides is 2. The van der Waals surface area contributed by atoms with E-state index in [2.05, 4.69) is 15.5 Å². The van der Waals surface area contributed by atoms with Crippen molar-refractivity contribution < 1.29 is 23.9 Å². The van der Waals surface area contributed by atoms with Gasteiger partial charge < -0.3 is 15.3 Å².